The van der Waals surface area contributed by atoms with Crippen molar-refractivity contribution >= 4 is 28.0 Å². The van der Waals surface area contributed by atoms with Gasteiger partial charge in [0, 0.05) is 18.3 Å². The van der Waals surface area contributed by atoms with Crippen LogP contribution in [0.5, 0.6) is 5.75 Å². The summed E-state index contributed by atoms with van der Waals surface area (Å²) in [6.07, 6.45) is -1.51. The van der Waals surface area contributed by atoms with Gasteiger partial charge in [-0.15, -0.1) is 0 Å². The number of carbonyl (C=O) groups excluding carboxylic acids is 3. The summed E-state index contributed by atoms with van der Waals surface area (Å²) in [4.78, 5) is 41.2. The Morgan fingerprint density at radius 3 is 2.53 bits per heavy atom. The summed E-state index contributed by atoms with van der Waals surface area (Å²) in [6, 6.07) is 15.0. The van der Waals surface area contributed by atoms with Crippen molar-refractivity contribution in [2.24, 2.45) is 0 Å². The number of nitrogens with zero attached hydrogens (tertiary/aromatic N) is 2. The van der Waals surface area contributed by atoms with Gasteiger partial charge in [-0.1, -0.05) is 42.0 Å². The molecule has 8 heteroatoms. The molecule has 2 amide bonds. The summed E-state index contributed by atoms with van der Waals surface area (Å²) >= 11 is 0.653. The lowest BCUT2D eigenvalue weighted by Crippen LogP contribution is -2.59. The minimum atomic E-state index is -1.00. The van der Waals surface area contributed by atoms with E-state index in [-0.39, 0.29) is 29.4 Å². The van der Waals surface area contributed by atoms with Gasteiger partial charge in [0.15, 0.2) is 6.23 Å². The van der Waals surface area contributed by atoms with E-state index in [4.69, 9.17) is 9.47 Å². The quantitative estimate of drug-likeness (QED) is 0.651. The summed E-state index contributed by atoms with van der Waals surface area (Å²) in [5.41, 5.74) is 1.59. The fourth-order valence-electron chi connectivity index (χ4n) is 4.07. The van der Waals surface area contributed by atoms with E-state index >= 15 is 0 Å². The van der Waals surface area contributed by atoms with Crippen molar-refractivity contribution in [2.45, 2.75) is 52.2 Å². The Balaban J connectivity index is 1.51. The van der Waals surface area contributed by atoms with E-state index in [9.17, 15) is 14.4 Å². The SMILES string of the molecule is Cc1ccc2c(c1)C(=O)N(C(C)(C)COC1C(=O)SC(=O)N1Cc1ccccc1)C(C)O2. The molecule has 2 aliphatic rings. The molecule has 0 aromatic heterocycles. The van der Waals surface area contributed by atoms with E-state index in [1.807, 2.05) is 70.2 Å². The van der Waals surface area contributed by atoms with Crippen LogP contribution in [-0.4, -0.2) is 50.7 Å². The molecule has 2 aromatic carbocycles. The molecule has 4 rings (SSSR count). The highest BCUT2D eigenvalue weighted by Gasteiger charge is 2.45. The van der Waals surface area contributed by atoms with Crippen LogP contribution in [0.3, 0.4) is 0 Å². The fourth-order valence-corrected chi connectivity index (χ4v) is 4.81. The largest absolute Gasteiger partial charge is 0.470 e. The van der Waals surface area contributed by atoms with Crippen LogP contribution in [0.2, 0.25) is 0 Å². The number of fused-ring (bicyclic) bond motifs is 1. The molecule has 2 atom stereocenters. The van der Waals surface area contributed by atoms with E-state index in [1.54, 1.807) is 11.0 Å². The van der Waals surface area contributed by atoms with Gasteiger partial charge in [0.1, 0.15) is 5.75 Å². The normalized spacial score (nSPS) is 21.1. The first kappa shape index (κ1) is 22.4. The average molecular weight is 455 g/mol. The Bertz CT molecular complexity index is 1060. The van der Waals surface area contributed by atoms with Crippen LogP contribution in [0.1, 0.15) is 42.3 Å². The molecule has 0 N–H and O–H groups in total. The summed E-state index contributed by atoms with van der Waals surface area (Å²) in [7, 11) is 0. The van der Waals surface area contributed by atoms with Crippen LogP contribution >= 0.6 is 11.8 Å². The predicted octanol–water partition coefficient (Wildman–Crippen LogP) is 4.19. The summed E-state index contributed by atoms with van der Waals surface area (Å²) in [5, 5.41) is -0.686. The molecule has 0 spiro atoms. The first-order chi connectivity index (χ1) is 15.2. The molecule has 0 aliphatic carbocycles. The Morgan fingerprint density at radius 2 is 1.81 bits per heavy atom. The number of hydrogen-bond donors (Lipinski definition) is 0. The average Bonchev–Trinajstić information content (AvgIpc) is 3.00. The lowest BCUT2D eigenvalue weighted by atomic mass is 9.99. The third-order valence-electron chi connectivity index (χ3n) is 5.59. The molecule has 2 aromatic rings. The second kappa shape index (κ2) is 8.60. The Kier molecular flexibility index (Phi) is 6.01. The predicted molar refractivity (Wildman–Crippen MR) is 121 cm³/mol. The third kappa shape index (κ3) is 4.25. The molecule has 2 aliphatic heterocycles. The topological polar surface area (TPSA) is 76.2 Å². The summed E-state index contributed by atoms with van der Waals surface area (Å²) < 4.78 is 12.0. The van der Waals surface area contributed by atoms with Crippen molar-refractivity contribution in [3.05, 3.63) is 65.2 Å². The Hall–Kier alpha value is -2.84. The van der Waals surface area contributed by atoms with Crippen LogP contribution < -0.4 is 4.74 Å². The van der Waals surface area contributed by atoms with Crippen molar-refractivity contribution in [2.75, 3.05) is 6.61 Å². The van der Waals surface area contributed by atoms with Crippen molar-refractivity contribution in [3.63, 3.8) is 0 Å². The second-order valence-corrected chi connectivity index (χ2v) is 9.62. The minimum Gasteiger partial charge on any atom is -0.470 e. The maximum absolute atomic E-state index is 13.3. The molecule has 1 saturated heterocycles. The van der Waals surface area contributed by atoms with E-state index in [2.05, 4.69) is 0 Å². The van der Waals surface area contributed by atoms with E-state index < -0.39 is 18.0 Å². The zero-order valence-corrected chi connectivity index (χ0v) is 19.3. The maximum atomic E-state index is 13.3. The monoisotopic (exact) mass is 454 g/mol. The fraction of sp³-hybridized carbons (Fsp3) is 0.375. The number of aryl methyl sites for hydroxylation is 1. The van der Waals surface area contributed by atoms with Crippen molar-refractivity contribution in [1.82, 2.24) is 9.80 Å². The van der Waals surface area contributed by atoms with Gasteiger partial charge in [-0.05, 0) is 45.4 Å². The third-order valence-corrected chi connectivity index (χ3v) is 6.41. The Labute approximate surface area is 191 Å². The van der Waals surface area contributed by atoms with Gasteiger partial charge in [-0.25, -0.2) is 0 Å². The lowest BCUT2D eigenvalue weighted by molar-refractivity contribution is -0.136. The molecule has 32 heavy (non-hydrogen) atoms. The van der Waals surface area contributed by atoms with Gasteiger partial charge in [-0.3, -0.25) is 24.2 Å². The number of rotatable bonds is 6. The highest BCUT2D eigenvalue weighted by atomic mass is 32.2. The molecule has 0 saturated carbocycles. The second-order valence-electron chi connectivity index (χ2n) is 8.67. The number of carbonyl (C=O) groups is 3. The smallest absolute Gasteiger partial charge is 0.292 e. The van der Waals surface area contributed by atoms with Crippen molar-refractivity contribution in [1.29, 1.82) is 0 Å². The van der Waals surface area contributed by atoms with Gasteiger partial charge in [-0.2, -0.15) is 0 Å². The van der Waals surface area contributed by atoms with Gasteiger partial charge in [0.05, 0.1) is 17.7 Å². The summed E-state index contributed by atoms with van der Waals surface area (Å²) in [6.45, 7) is 7.79. The van der Waals surface area contributed by atoms with Crippen LogP contribution in [-0.2, 0) is 16.1 Å². The van der Waals surface area contributed by atoms with Crippen LogP contribution in [0.15, 0.2) is 48.5 Å². The van der Waals surface area contributed by atoms with Crippen molar-refractivity contribution in [3.8, 4) is 5.75 Å². The van der Waals surface area contributed by atoms with Crippen LogP contribution in [0.25, 0.3) is 0 Å². The number of amides is 2. The molecule has 1 fully saturated rings. The molecule has 0 radical (unpaired) electrons. The standard InChI is InChI=1S/C24H26N2O5S/c1-15-10-11-19-18(12-15)20(27)26(16(2)31-19)24(3,4)14-30-21-22(28)32-23(29)25(21)13-17-8-6-5-7-9-17/h5-12,16,21H,13-14H2,1-4H3. The molecule has 0 bridgehead atoms. The molecule has 7 nitrogen and oxygen atoms in total. The zero-order chi connectivity index (χ0) is 23.0. The molecule has 2 heterocycles. The minimum absolute atomic E-state index is 0.0587. The first-order valence-corrected chi connectivity index (χ1v) is 11.3. The highest BCUT2D eigenvalue weighted by Crippen LogP contribution is 2.34. The lowest BCUT2D eigenvalue weighted by Gasteiger charge is -2.45. The number of thioether (sulfide) groups is 1. The summed E-state index contributed by atoms with van der Waals surface area (Å²) in [5.74, 6) is 0.406. The first-order valence-electron chi connectivity index (χ1n) is 10.5. The molecule has 168 valence electrons. The van der Waals surface area contributed by atoms with E-state index in [0.29, 0.717) is 23.1 Å². The van der Waals surface area contributed by atoms with Gasteiger partial charge in [0.2, 0.25) is 11.3 Å². The van der Waals surface area contributed by atoms with Gasteiger partial charge >= 0.3 is 0 Å². The Morgan fingerprint density at radius 1 is 1.09 bits per heavy atom. The van der Waals surface area contributed by atoms with E-state index in [0.717, 1.165) is 11.1 Å². The number of ether oxygens (including phenoxy) is 2. The molecular formula is C24H26N2O5S. The van der Waals surface area contributed by atoms with Crippen LogP contribution in [0, 0.1) is 6.92 Å². The number of hydrogen-bond acceptors (Lipinski definition) is 6. The molecular weight excluding hydrogens is 428 g/mol. The number of benzene rings is 2. The van der Waals surface area contributed by atoms with Gasteiger partial charge < -0.3 is 9.47 Å². The van der Waals surface area contributed by atoms with Gasteiger partial charge in [0.25, 0.3) is 11.1 Å². The van der Waals surface area contributed by atoms with Crippen molar-refractivity contribution < 1.29 is 23.9 Å². The maximum Gasteiger partial charge on any atom is 0.292 e. The van der Waals surface area contributed by atoms with Crippen LogP contribution in [0.4, 0.5) is 4.79 Å². The highest BCUT2D eigenvalue weighted by molar-refractivity contribution is 8.26. The van der Waals surface area contributed by atoms with E-state index in [1.165, 1.54) is 4.90 Å². The molecule has 2 unspecified atom stereocenters. The zero-order valence-electron chi connectivity index (χ0n) is 18.5.